The molecule has 22 heavy (non-hydrogen) atoms. The van der Waals surface area contributed by atoms with Gasteiger partial charge >= 0.3 is 6.61 Å². The predicted octanol–water partition coefficient (Wildman–Crippen LogP) is 2.15. The number of halogens is 3. The number of ether oxygens (including phenoxy) is 2. The molecule has 0 radical (unpaired) electrons. The number of amides is 1. The van der Waals surface area contributed by atoms with Gasteiger partial charge in [-0.25, -0.2) is 0 Å². The number of methoxy groups -OCH3 is 1. The fourth-order valence-electron chi connectivity index (χ4n) is 2.23. The zero-order valence-electron chi connectivity index (χ0n) is 12.2. The van der Waals surface area contributed by atoms with Crippen molar-refractivity contribution in [3.8, 4) is 11.5 Å². The van der Waals surface area contributed by atoms with Crippen LogP contribution in [0.5, 0.6) is 11.5 Å². The highest BCUT2D eigenvalue weighted by Crippen LogP contribution is 2.29. The van der Waals surface area contributed by atoms with Gasteiger partial charge in [0.15, 0.2) is 11.5 Å². The van der Waals surface area contributed by atoms with Gasteiger partial charge in [0.25, 0.3) is 5.91 Å². The number of hydrogen-bond donors (Lipinski definition) is 1. The van der Waals surface area contributed by atoms with Crippen molar-refractivity contribution in [2.75, 3.05) is 33.3 Å². The molecule has 8 heteroatoms. The van der Waals surface area contributed by atoms with Crippen LogP contribution in [0.3, 0.4) is 0 Å². The first-order valence-electron chi connectivity index (χ1n) is 6.74. The van der Waals surface area contributed by atoms with E-state index in [2.05, 4.69) is 10.1 Å². The van der Waals surface area contributed by atoms with Crippen molar-refractivity contribution in [1.82, 2.24) is 10.2 Å². The summed E-state index contributed by atoms with van der Waals surface area (Å²) in [6.45, 7) is -0.0130. The van der Waals surface area contributed by atoms with E-state index in [1.54, 1.807) is 4.90 Å². The molecule has 0 unspecified atom stereocenters. The van der Waals surface area contributed by atoms with Crippen molar-refractivity contribution >= 4 is 18.3 Å². The lowest BCUT2D eigenvalue weighted by Gasteiger charge is -2.20. The minimum atomic E-state index is -2.93. The number of carbonyl (C=O) groups is 1. The van der Waals surface area contributed by atoms with Gasteiger partial charge in [0.1, 0.15) is 0 Å². The van der Waals surface area contributed by atoms with Gasteiger partial charge in [0, 0.05) is 25.2 Å². The van der Waals surface area contributed by atoms with Gasteiger partial charge in [-0.05, 0) is 31.2 Å². The molecular weight excluding hydrogens is 318 g/mol. The molecule has 1 saturated heterocycles. The SMILES string of the molecule is COc1cc(C(=O)N2CCCNCC2)ccc1OC(F)F.Cl. The van der Waals surface area contributed by atoms with Crippen LogP contribution in [0.25, 0.3) is 0 Å². The molecule has 0 aliphatic carbocycles. The molecule has 0 saturated carbocycles. The third-order valence-corrected chi connectivity index (χ3v) is 3.25. The highest BCUT2D eigenvalue weighted by atomic mass is 35.5. The van der Waals surface area contributed by atoms with E-state index >= 15 is 0 Å². The average molecular weight is 337 g/mol. The molecule has 5 nitrogen and oxygen atoms in total. The van der Waals surface area contributed by atoms with Crippen molar-refractivity contribution in [3.63, 3.8) is 0 Å². The Morgan fingerprint density at radius 1 is 1.27 bits per heavy atom. The first-order valence-corrected chi connectivity index (χ1v) is 6.74. The topological polar surface area (TPSA) is 50.8 Å². The molecule has 0 spiro atoms. The van der Waals surface area contributed by atoms with Crippen LogP contribution in [0.2, 0.25) is 0 Å². The summed E-state index contributed by atoms with van der Waals surface area (Å²) in [4.78, 5) is 14.1. The molecule has 0 atom stereocenters. The molecule has 1 N–H and O–H groups in total. The minimum absolute atomic E-state index is 0. The molecule has 1 heterocycles. The van der Waals surface area contributed by atoms with Crippen molar-refractivity contribution in [3.05, 3.63) is 23.8 Å². The van der Waals surface area contributed by atoms with Crippen LogP contribution in [-0.2, 0) is 0 Å². The standard InChI is InChI=1S/C14H18F2N2O3.ClH/c1-20-12-9-10(3-4-11(12)21-14(15)16)13(19)18-7-2-5-17-6-8-18;/h3-4,9,14,17H,2,5-8H2,1H3;1H. The first-order chi connectivity index (χ1) is 10.1. The van der Waals surface area contributed by atoms with E-state index in [9.17, 15) is 13.6 Å². The van der Waals surface area contributed by atoms with Gasteiger partial charge < -0.3 is 19.7 Å². The quantitative estimate of drug-likeness (QED) is 0.915. The summed E-state index contributed by atoms with van der Waals surface area (Å²) in [6.07, 6.45) is 0.884. The summed E-state index contributed by atoms with van der Waals surface area (Å²) in [5, 5.41) is 3.21. The number of rotatable bonds is 4. The number of nitrogens with one attached hydrogen (secondary N) is 1. The van der Waals surface area contributed by atoms with Crippen molar-refractivity contribution in [1.29, 1.82) is 0 Å². The molecule has 0 aromatic heterocycles. The maximum absolute atomic E-state index is 12.4. The number of alkyl halides is 2. The van der Waals surface area contributed by atoms with E-state index in [-0.39, 0.29) is 29.8 Å². The van der Waals surface area contributed by atoms with Gasteiger partial charge in [0.2, 0.25) is 0 Å². The van der Waals surface area contributed by atoms with Gasteiger partial charge in [-0.1, -0.05) is 0 Å². The molecule has 1 fully saturated rings. The lowest BCUT2D eigenvalue weighted by atomic mass is 10.1. The second-order valence-electron chi connectivity index (χ2n) is 4.64. The summed E-state index contributed by atoms with van der Waals surface area (Å²) in [5.74, 6) is -0.101. The highest BCUT2D eigenvalue weighted by molar-refractivity contribution is 5.95. The smallest absolute Gasteiger partial charge is 0.387 e. The van der Waals surface area contributed by atoms with E-state index in [0.29, 0.717) is 18.7 Å². The van der Waals surface area contributed by atoms with Gasteiger partial charge in [0.05, 0.1) is 7.11 Å². The summed E-state index contributed by atoms with van der Waals surface area (Å²) >= 11 is 0. The fourth-order valence-corrected chi connectivity index (χ4v) is 2.23. The van der Waals surface area contributed by atoms with Crippen molar-refractivity contribution in [2.24, 2.45) is 0 Å². The van der Waals surface area contributed by atoms with E-state index in [1.165, 1.54) is 25.3 Å². The van der Waals surface area contributed by atoms with E-state index < -0.39 is 6.61 Å². The number of nitrogens with zero attached hydrogens (tertiary/aromatic N) is 1. The van der Waals surface area contributed by atoms with Crippen LogP contribution in [0.15, 0.2) is 18.2 Å². The van der Waals surface area contributed by atoms with Crippen LogP contribution in [0, 0.1) is 0 Å². The Morgan fingerprint density at radius 3 is 2.73 bits per heavy atom. The monoisotopic (exact) mass is 336 g/mol. The largest absolute Gasteiger partial charge is 0.493 e. The van der Waals surface area contributed by atoms with Gasteiger partial charge in [-0.15, -0.1) is 12.4 Å². The van der Waals surface area contributed by atoms with Crippen LogP contribution >= 0.6 is 12.4 Å². The Morgan fingerprint density at radius 2 is 2.05 bits per heavy atom. The first kappa shape index (κ1) is 18.4. The molecule has 1 aromatic rings. The van der Waals surface area contributed by atoms with Crippen LogP contribution in [0.4, 0.5) is 8.78 Å². The Bertz CT molecular complexity index is 495. The molecule has 124 valence electrons. The zero-order valence-corrected chi connectivity index (χ0v) is 13.0. The Labute approximate surface area is 134 Å². The Balaban J connectivity index is 0.00000242. The molecule has 1 amide bonds. The summed E-state index contributed by atoms with van der Waals surface area (Å²) < 4.78 is 33.9. The van der Waals surface area contributed by atoms with Crippen LogP contribution in [0.1, 0.15) is 16.8 Å². The maximum atomic E-state index is 12.4. The molecule has 1 aromatic carbocycles. The number of carbonyl (C=O) groups excluding carboxylic acids is 1. The third kappa shape index (κ3) is 4.71. The Kier molecular flexibility index (Phi) is 7.34. The second kappa shape index (κ2) is 8.75. The number of benzene rings is 1. The lowest BCUT2D eigenvalue weighted by molar-refractivity contribution is -0.0512. The van der Waals surface area contributed by atoms with Crippen molar-refractivity contribution < 1.29 is 23.0 Å². The van der Waals surface area contributed by atoms with E-state index in [1.807, 2.05) is 0 Å². The van der Waals surface area contributed by atoms with Crippen LogP contribution in [-0.4, -0.2) is 50.7 Å². The molecule has 2 rings (SSSR count). The van der Waals surface area contributed by atoms with Gasteiger partial charge in [-0.2, -0.15) is 8.78 Å². The summed E-state index contributed by atoms with van der Waals surface area (Å²) in [5.41, 5.74) is 0.398. The van der Waals surface area contributed by atoms with Gasteiger partial charge in [-0.3, -0.25) is 4.79 Å². The van der Waals surface area contributed by atoms with Crippen molar-refractivity contribution in [2.45, 2.75) is 13.0 Å². The summed E-state index contributed by atoms with van der Waals surface area (Å²) in [6, 6.07) is 4.23. The zero-order chi connectivity index (χ0) is 15.2. The van der Waals surface area contributed by atoms with Crippen LogP contribution < -0.4 is 14.8 Å². The molecular formula is C14H19ClF2N2O3. The highest BCUT2D eigenvalue weighted by Gasteiger charge is 2.19. The predicted molar refractivity (Wildman–Crippen MR) is 80.3 cm³/mol. The molecule has 1 aliphatic heterocycles. The molecule has 0 bridgehead atoms. The Hall–Kier alpha value is -1.60. The lowest BCUT2D eigenvalue weighted by Crippen LogP contribution is -2.34. The minimum Gasteiger partial charge on any atom is -0.493 e. The van der Waals surface area contributed by atoms with E-state index in [0.717, 1.165) is 19.5 Å². The fraction of sp³-hybridized carbons (Fsp3) is 0.500. The molecule has 1 aliphatic rings. The summed E-state index contributed by atoms with van der Waals surface area (Å²) in [7, 11) is 1.35. The normalized spacial score (nSPS) is 15.0. The average Bonchev–Trinajstić information content (AvgIpc) is 2.75. The van der Waals surface area contributed by atoms with E-state index in [4.69, 9.17) is 4.74 Å². The third-order valence-electron chi connectivity index (χ3n) is 3.25. The maximum Gasteiger partial charge on any atom is 0.387 e. The second-order valence-corrected chi connectivity index (χ2v) is 4.64. The number of hydrogen-bond acceptors (Lipinski definition) is 4.